The Labute approximate surface area is 70.7 Å². The fourth-order valence-corrected chi connectivity index (χ4v) is 1.98. The molecular weight excluding hydrogens is 156 g/mol. The third kappa shape index (κ3) is 1.21. The number of thiophene rings is 1. The van der Waals surface area contributed by atoms with Gasteiger partial charge in [-0.15, -0.1) is 0 Å². The van der Waals surface area contributed by atoms with Gasteiger partial charge in [0.1, 0.15) is 0 Å². The van der Waals surface area contributed by atoms with Crippen molar-refractivity contribution < 1.29 is 5.11 Å². The number of hydrogen-bond donors (Lipinski definition) is 1. The maximum Gasteiger partial charge on any atom is 0.0851 e. The molecule has 0 aromatic carbocycles. The van der Waals surface area contributed by atoms with Gasteiger partial charge < -0.3 is 5.11 Å². The number of rotatable bonds is 2. The third-order valence-corrected chi connectivity index (χ3v) is 3.26. The van der Waals surface area contributed by atoms with Crippen LogP contribution in [0.2, 0.25) is 0 Å². The quantitative estimate of drug-likeness (QED) is 0.719. The predicted molar refractivity (Wildman–Crippen MR) is 46.6 cm³/mol. The molecule has 1 saturated carbocycles. The molecule has 2 heteroatoms. The van der Waals surface area contributed by atoms with Gasteiger partial charge >= 0.3 is 0 Å². The molecule has 1 aromatic heterocycles. The Bertz CT molecular complexity index is 236. The van der Waals surface area contributed by atoms with Crippen molar-refractivity contribution in [2.75, 3.05) is 0 Å². The number of aliphatic hydroxyl groups is 1. The Morgan fingerprint density at radius 3 is 2.82 bits per heavy atom. The molecule has 1 N–H and O–H groups in total. The Balaban J connectivity index is 2.17. The van der Waals surface area contributed by atoms with Gasteiger partial charge in [0.05, 0.1) is 6.10 Å². The first kappa shape index (κ1) is 7.32. The highest BCUT2D eigenvalue weighted by Gasteiger charge is 2.44. The zero-order valence-corrected chi connectivity index (χ0v) is 7.40. The van der Waals surface area contributed by atoms with Crippen LogP contribution >= 0.6 is 11.3 Å². The largest absolute Gasteiger partial charge is 0.388 e. The molecule has 0 radical (unpaired) electrons. The van der Waals surface area contributed by atoms with E-state index in [1.807, 2.05) is 16.8 Å². The summed E-state index contributed by atoms with van der Waals surface area (Å²) in [5.74, 6) is 0. The monoisotopic (exact) mass is 168 g/mol. The molecule has 0 spiro atoms. The van der Waals surface area contributed by atoms with E-state index in [1.165, 1.54) is 12.8 Å². The summed E-state index contributed by atoms with van der Waals surface area (Å²) < 4.78 is 0. The molecule has 1 unspecified atom stereocenters. The van der Waals surface area contributed by atoms with Crippen molar-refractivity contribution in [1.29, 1.82) is 0 Å². The van der Waals surface area contributed by atoms with E-state index < -0.39 is 0 Å². The Morgan fingerprint density at radius 2 is 2.36 bits per heavy atom. The number of hydrogen-bond acceptors (Lipinski definition) is 2. The van der Waals surface area contributed by atoms with Crippen LogP contribution in [0.4, 0.5) is 0 Å². The molecule has 11 heavy (non-hydrogen) atoms. The summed E-state index contributed by atoms with van der Waals surface area (Å²) in [7, 11) is 0. The summed E-state index contributed by atoms with van der Waals surface area (Å²) in [6, 6.07) is 2.01. The van der Waals surface area contributed by atoms with Gasteiger partial charge in [-0.3, -0.25) is 0 Å². The molecule has 1 nitrogen and oxygen atoms in total. The second-order valence-electron chi connectivity index (χ2n) is 3.61. The maximum atomic E-state index is 9.82. The summed E-state index contributed by atoms with van der Waals surface area (Å²) in [5, 5.41) is 13.9. The Hall–Kier alpha value is -0.340. The fourth-order valence-electron chi connectivity index (χ4n) is 1.30. The molecule has 1 fully saturated rings. The van der Waals surface area contributed by atoms with Crippen LogP contribution in [0.15, 0.2) is 16.8 Å². The smallest absolute Gasteiger partial charge is 0.0851 e. The molecule has 0 saturated heterocycles. The normalized spacial score (nSPS) is 23.1. The van der Waals surface area contributed by atoms with Crippen LogP contribution < -0.4 is 0 Å². The number of aliphatic hydroxyl groups excluding tert-OH is 1. The summed E-state index contributed by atoms with van der Waals surface area (Å²) in [6.45, 7) is 2.15. The minimum atomic E-state index is -0.228. The third-order valence-electron chi connectivity index (χ3n) is 2.56. The Kier molecular flexibility index (Phi) is 1.55. The second kappa shape index (κ2) is 2.32. The van der Waals surface area contributed by atoms with Gasteiger partial charge in [0.15, 0.2) is 0 Å². The van der Waals surface area contributed by atoms with E-state index in [0.717, 1.165) is 5.56 Å². The molecule has 1 aliphatic rings. The van der Waals surface area contributed by atoms with Crippen LogP contribution in [0.1, 0.15) is 31.4 Å². The van der Waals surface area contributed by atoms with E-state index in [4.69, 9.17) is 0 Å². The van der Waals surface area contributed by atoms with Crippen LogP contribution in [-0.2, 0) is 0 Å². The van der Waals surface area contributed by atoms with Crippen LogP contribution in [0.3, 0.4) is 0 Å². The van der Waals surface area contributed by atoms with E-state index in [0.29, 0.717) is 0 Å². The fraction of sp³-hybridized carbons (Fsp3) is 0.556. The van der Waals surface area contributed by atoms with Crippen molar-refractivity contribution >= 4 is 11.3 Å². The first-order chi connectivity index (χ1) is 5.22. The zero-order valence-electron chi connectivity index (χ0n) is 6.58. The summed E-state index contributed by atoms with van der Waals surface area (Å²) in [6.07, 6.45) is 2.11. The first-order valence-electron chi connectivity index (χ1n) is 3.92. The maximum absolute atomic E-state index is 9.82. The van der Waals surface area contributed by atoms with Gasteiger partial charge in [-0.05, 0) is 40.6 Å². The highest BCUT2D eigenvalue weighted by molar-refractivity contribution is 7.07. The lowest BCUT2D eigenvalue weighted by Gasteiger charge is -2.15. The lowest BCUT2D eigenvalue weighted by molar-refractivity contribution is 0.104. The predicted octanol–water partition coefficient (Wildman–Crippen LogP) is 2.58. The van der Waals surface area contributed by atoms with Gasteiger partial charge in [-0.1, -0.05) is 6.92 Å². The molecule has 1 aliphatic carbocycles. The minimum Gasteiger partial charge on any atom is -0.388 e. The average molecular weight is 168 g/mol. The van der Waals surface area contributed by atoms with Gasteiger partial charge in [0, 0.05) is 0 Å². The summed E-state index contributed by atoms with van der Waals surface area (Å²) >= 11 is 1.65. The van der Waals surface area contributed by atoms with Crippen molar-refractivity contribution in [2.45, 2.75) is 25.9 Å². The van der Waals surface area contributed by atoms with Crippen molar-refractivity contribution in [3.05, 3.63) is 22.4 Å². The van der Waals surface area contributed by atoms with Crippen molar-refractivity contribution in [2.24, 2.45) is 5.41 Å². The SMILES string of the molecule is CC1(C(O)c2ccsc2)CC1. The van der Waals surface area contributed by atoms with Gasteiger partial charge in [0.2, 0.25) is 0 Å². The van der Waals surface area contributed by atoms with Gasteiger partial charge in [0.25, 0.3) is 0 Å². The van der Waals surface area contributed by atoms with Crippen molar-refractivity contribution in [1.82, 2.24) is 0 Å². The first-order valence-corrected chi connectivity index (χ1v) is 4.87. The highest BCUT2D eigenvalue weighted by atomic mass is 32.1. The molecule has 1 atom stereocenters. The second-order valence-corrected chi connectivity index (χ2v) is 4.39. The van der Waals surface area contributed by atoms with Gasteiger partial charge in [-0.2, -0.15) is 11.3 Å². The molecule has 1 aromatic rings. The Morgan fingerprint density at radius 1 is 1.64 bits per heavy atom. The van der Waals surface area contributed by atoms with E-state index in [9.17, 15) is 5.11 Å². The van der Waals surface area contributed by atoms with E-state index in [-0.39, 0.29) is 11.5 Å². The summed E-state index contributed by atoms with van der Waals surface area (Å²) in [5.41, 5.74) is 1.29. The molecule has 2 rings (SSSR count). The molecule has 0 amide bonds. The average Bonchev–Trinajstić information content (AvgIpc) is 2.54. The van der Waals surface area contributed by atoms with Crippen LogP contribution in [0, 0.1) is 5.41 Å². The van der Waals surface area contributed by atoms with Crippen molar-refractivity contribution in [3.8, 4) is 0 Å². The van der Waals surface area contributed by atoms with E-state index in [1.54, 1.807) is 11.3 Å². The van der Waals surface area contributed by atoms with E-state index >= 15 is 0 Å². The standard InChI is InChI=1S/C9H12OS/c1-9(3-4-9)8(10)7-2-5-11-6-7/h2,5-6,8,10H,3-4H2,1H3. The summed E-state index contributed by atoms with van der Waals surface area (Å²) in [4.78, 5) is 0. The van der Waals surface area contributed by atoms with E-state index in [2.05, 4.69) is 6.92 Å². The minimum absolute atomic E-state index is 0.196. The topological polar surface area (TPSA) is 20.2 Å². The molecule has 0 aliphatic heterocycles. The molecule has 60 valence electrons. The van der Waals surface area contributed by atoms with Crippen LogP contribution in [0.25, 0.3) is 0 Å². The molecule has 1 heterocycles. The molecular formula is C9H12OS. The van der Waals surface area contributed by atoms with Crippen molar-refractivity contribution in [3.63, 3.8) is 0 Å². The van der Waals surface area contributed by atoms with Crippen LogP contribution in [0.5, 0.6) is 0 Å². The lowest BCUT2D eigenvalue weighted by atomic mass is 9.97. The van der Waals surface area contributed by atoms with Gasteiger partial charge in [-0.25, -0.2) is 0 Å². The van der Waals surface area contributed by atoms with Crippen LogP contribution in [-0.4, -0.2) is 5.11 Å². The zero-order chi connectivity index (χ0) is 7.90. The lowest BCUT2D eigenvalue weighted by Crippen LogP contribution is -2.08. The highest BCUT2D eigenvalue weighted by Crippen LogP contribution is 2.54. The molecule has 0 bridgehead atoms.